The van der Waals surface area contributed by atoms with Gasteiger partial charge in [-0.2, -0.15) is 0 Å². The van der Waals surface area contributed by atoms with Crippen LogP contribution in [0.3, 0.4) is 0 Å². The van der Waals surface area contributed by atoms with Crippen LogP contribution in [-0.2, 0) is 11.3 Å². The first kappa shape index (κ1) is 12.6. The summed E-state index contributed by atoms with van der Waals surface area (Å²) in [5, 5.41) is 0. The normalized spacial score (nSPS) is 22.4. The number of hydrogen-bond acceptors (Lipinski definition) is 1. The van der Waals surface area contributed by atoms with Gasteiger partial charge in [-0.25, -0.2) is 4.39 Å². The Kier molecular flexibility index (Phi) is 3.52. The predicted molar refractivity (Wildman–Crippen MR) is 67.8 cm³/mol. The van der Waals surface area contributed by atoms with Crippen molar-refractivity contribution < 1.29 is 9.18 Å². The van der Waals surface area contributed by atoms with Gasteiger partial charge in [-0.05, 0) is 30.5 Å². The lowest BCUT2D eigenvalue weighted by Crippen LogP contribution is -2.28. The molecule has 2 unspecified atom stereocenters. The number of carbonyl (C=O) groups is 1. The molecule has 1 saturated carbocycles. The van der Waals surface area contributed by atoms with Gasteiger partial charge in [0.15, 0.2) is 0 Å². The summed E-state index contributed by atoms with van der Waals surface area (Å²) in [6.07, 6.45) is 0.962. The molecule has 1 amide bonds. The van der Waals surface area contributed by atoms with E-state index in [4.69, 9.17) is 0 Å². The van der Waals surface area contributed by atoms with Gasteiger partial charge in [0.05, 0.1) is 0 Å². The lowest BCUT2D eigenvalue weighted by molar-refractivity contribution is -0.132. The van der Waals surface area contributed by atoms with Crippen molar-refractivity contribution in [3.63, 3.8) is 0 Å². The molecule has 1 aromatic carbocycles. The summed E-state index contributed by atoms with van der Waals surface area (Å²) in [5.41, 5.74) is 0.545. The average Bonchev–Trinajstić information content (AvgIpc) is 3.00. The number of carbonyl (C=O) groups excluding carboxylic acids is 1. The Balaban J connectivity index is 2.04. The second kappa shape index (κ2) is 4.77. The van der Waals surface area contributed by atoms with Gasteiger partial charge in [0, 0.05) is 29.5 Å². The molecule has 0 bridgehead atoms. The van der Waals surface area contributed by atoms with Crippen LogP contribution in [0, 0.1) is 17.7 Å². The van der Waals surface area contributed by atoms with E-state index in [1.54, 1.807) is 24.1 Å². The summed E-state index contributed by atoms with van der Waals surface area (Å²) in [4.78, 5) is 13.5. The van der Waals surface area contributed by atoms with Crippen LogP contribution in [0.4, 0.5) is 4.39 Å². The summed E-state index contributed by atoms with van der Waals surface area (Å²) in [6, 6.07) is 4.79. The van der Waals surface area contributed by atoms with Crippen LogP contribution in [0.5, 0.6) is 0 Å². The third-order valence-electron chi connectivity index (χ3n) is 3.22. The SMILES string of the molecule is CC1CC1C(=O)N(C)Cc1cc(Br)ccc1F. The summed E-state index contributed by atoms with van der Waals surface area (Å²) in [6.45, 7) is 2.39. The van der Waals surface area contributed by atoms with Crippen molar-refractivity contribution in [2.45, 2.75) is 19.9 Å². The van der Waals surface area contributed by atoms with E-state index in [1.807, 2.05) is 0 Å². The van der Waals surface area contributed by atoms with Crippen LogP contribution in [0.25, 0.3) is 0 Å². The predicted octanol–water partition coefficient (Wildman–Crippen LogP) is 3.20. The minimum atomic E-state index is -0.267. The van der Waals surface area contributed by atoms with E-state index in [2.05, 4.69) is 22.9 Å². The molecule has 1 aromatic rings. The van der Waals surface area contributed by atoms with Gasteiger partial charge < -0.3 is 4.90 Å². The molecule has 0 saturated heterocycles. The molecule has 0 aromatic heterocycles. The van der Waals surface area contributed by atoms with E-state index in [0.29, 0.717) is 18.0 Å². The Morgan fingerprint density at radius 2 is 2.24 bits per heavy atom. The first-order chi connectivity index (χ1) is 7.99. The number of halogens is 2. The maximum Gasteiger partial charge on any atom is 0.226 e. The Hall–Kier alpha value is -0.900. The minimum Gasteiger partial charge on any atom is -0.341 e. The van der Waals surface area contributed by atoms with Gasteiger partial charge in [-0.15, -0.1) is 0 Å². The highest BCUT2D eigenvalue weighted by atomic mass is 79.9. The highest BCUT2D eigenvalue weighted by molar-refractivity contribution is 9.10. The quantitative estimate of drug-likeness (QED) is 0.839. The summed E-state index contributed by atoms with van der Waals surface area (Å²) >= 11 is 3.30. The first-order valence-corrected chi connectivity index (χ1v) is 6.47. The van der Waals surface area contributed by atoms with Gasteiger partial charge >= 0.3 is 0 Å². The van der Waals surface area contributed by atoms with E-state index in [-0.39, 0.29) is 17.6 Å². The molecular formula is C13H15BrFNO. The fourth-order valence-corrected chi connectivity index (χ4v) is 2.36. The van der Waals surface area contributed by atoms with Crippen molar-refractivity contribution >= 4 is 21.8 Å². The van der Waals surface area contributed by atoms with Gasteiger partial charge in [0.2, 0.25) is 5.91 Å². The summed E-state index contributed by atoms with van der Waals surface area (Å²) < 4.78 is 14.4. The second-order valence-corrected chi connectivity index (χ2v) is 5.67. The molecule has 1 aliphatic carbocycles. The van der Waals surface area contributed by atoms with Gasteiger partial charge in [0.25, 0.3) is 0 Å². The Bertz CT molecular complexity index is 449. The first-order valence-electron chi connectivity index (χ1n) is 5.68. The van der Waals surface area contributed by atoms with E-state index in [0.717, 1.165) is 10.9 Å². The standard InChI is InChI=1S/C13H15BrFNO/c1-8-5-11(8)13(17)16(2)7-9-6-10(14)3-4-12(9)15/h3-4,6,8,11H,5,7H2,1-2H3. The largest absolute Gasteiger partial charge is 0.341 e. The molecule has 2 nitrogen and oxygen atoms in total. The molecule has 2 atom stereocenters. The number of amides is 1. The lowest BCUT2D eigenvalue weighted by atomic mass is 10.2. The fourth-order valence-electron chi connectivity index (χ4n) is 1.95. The van der Waals surface area contributed by atoms with Gasteiger partial charge in [-0.3, -0.25) is 4.79 Å². The smallest absolute Gasteiger partial charge is 0.226 e. The van der Waals surface area contributed by atoms with Crippen molar-refractivity contribution in [3.05, 3.63) is 34.1 Å². The topological polar surface area (TPSA) is 20.3 Å². The lowest BCUT2D eigenvalue weighted by Gasteiger charge is -2.17. The molecule has 92 valence electrons. The van der Waals surface area contributed by atoms with Crippen LogP contribution in [-0.4, -0.2) is 17.9 Å². The van der Waals surface area contributed by atoms with E-state index in [1.165, 1.54) is 6.07 Å². The second-order valence-electron chi connectivity index (χ2n) is 4.75. The minimum absolute atomic E-state index is 0.122. The monoisotopic (exact) mass is 299 g/mol. The Morgan fingerprint density at radius 1 is 1.59 bits per heavy atom. The van der Waals surface area contributed by atoms with Gasteiger partial charge in [0.1, 0.15) is 5.82 Å². The average molecular weight is 300 g/mol. The third-order valence-corrected chi connectivity index (χ3v) is 3.71. The molecule has 4 heteroatoms. The molecule has 1 aliphatic rings. The van der Waals surface area contributed by atoms with Gasteiger partial charge in [-0.1, -0.05) is 22.9 Å². The maximum absolute atomic E-state index is 13.5. The highest BCUT2D eigenvalue weighted by Crippen LogP contribution is 2.39. The molecule has 17 heavy (non-hydrogen) atoms. The molecule has 2 rings (SSSR count). The Labute approximate surface area is 109 Å². The zero-order valence-electron chi connectivity index (χ0n) is 9.91. The molecular weight excluding hydrogens is 285 g/mol. The third kappa shape index (κ3) is 2.86. The van der Waals surface area contributed by atoms with Crippen LogP contribution in [0.1, 0.15) is 18.9 Å². The number of hydrogen-bond donors (Lipinski definition) is 0. The molecule has 0 radical (unpaired) electrons. The van der Waals surface area contributed by atoms with Crippen LogP contribution < -0.4 is 0 Å². The molecule has 0 heterocycles. The number of benzene rings is 1. The molecule has 0 N–H and O–H groups in total. The zero-order valence-corrected chi connectivity index (χ0v) is 11.5. The van der Waals surface area contributed by atoms with Crippen LogP contribution in [0.2, 0.25) is 0 Å². The van der Waals surface area contributed by atoms with Crippen molar-refractivity contribution in [1.82, 2.24) is 4.90 Å². The van der Waals surface area contributed by atoms with E-state index < -0.39 is 0 Å². The van der Waals surface area contributed by atoms with Crippen LogP contribution >= 0.6 is 15.9 Å². The van der Waals surface area contributed by atoms with E-state index in [9.17, 15) is 9.18 Å². The number of nitrogens with zero attached hydrogens (tertiary/aromatic N) is 1. The van der Waals surface area contributed by atoms with Crippen molar-refractivity contribution in [2.24, 2.45) is 11.8 Å². The van der Waals surface area contributed by atoms with Crippen molar-refractivity contribution in [1.29, 1.82) is 0 Å². The van der Waals surface area contributed by atoms with Crippen molar-refractivity contribution in [3.8, 4) is 0 Å². The Morgan fingerprint density at radius 3 is 2.82 bits per heavy atom. The number of rotatable bonds is 3. The summed E-state index contributed by atoms with van der Waals surface area (Å²) in [7, 11) is 1.73. The van der Waals surface area contributed by atoms with Crippen molar-refractivity contribution in [2.75, 3.05) is 7.05 Å². The maximum atomic E-state index is 13.5. The fraction of sp³-hybridized carbons (Fsp3) is 0.462. The summed E-state index contributed by atoms with van der Waals surface area (Å²) in [5.74, 6) is 0.487. The highest BCUT2D eigenvalue weighted by Gasteiger charge is 2.40. The van der Waals surface area contributed by atoms with Crippen LogP contribution in [0.15, 0.2) is 22.7 Å². The van der Waals surface area contributed by atoms with E-state index >= 15 is 0 Å². The molecule has 0 spiro atoms. The molecule has 1 fully saturated rings. The molecule has 0 aliphatic heterocycles. The zero-order chi connectivity index (χ0) is 12.6.